The highest BCUT2D eigenvalue weighted by molar-refractivity contribution is 6.06. The van der Waals surface area contributed by atoms with Crippen LogP contribution in [0.1, 0.15) is 41.0 Å². The molecule has 0 aromatic carbocycles. The predicted octanol–water partition coefficient (Wildman–Crippen LogP) is 1.06. The van der Waals surface area contributed by atoms with Gasteiger partial charge in [0.15, 0.2) is 5.84 Å². The van der Waals surface area contributed by atoms with Crippen molar-refractivity contribution in [1.29, 1.82) is 0 Å². The number of rotatable bonds is 3. The number of hydrogen-bond donors (Lipinski definition) is 3. The van der Waals surface area contributed by atoms with Gasteiger partial charge in [0.25, 0.3) is 0 Å². The van der Waals surface area contributed by atoms with Gasteiger partial charge in [-0.25, -0.2) is 0 Å². The SMILES string of the molecule is CCC(C)(C(=O)NC(C)(C)C)C(N)=NO. The van der Waals surface area contributed by atoms with E-state index in [-0.39, 0.29) is 17.3 Å². The van der Waals surface area contributed by atoms with Gasteiger partial charge in [-0.2, -0.15) is 0 Å². The Morgan fingerprint density at radius 3 is 2.13 bits per heavy atom. The maximum absolute atomic E-state index is 11.9. The third kappa shape index (κ3) is 3.42. The molecule has 0 bridgehead atoms. The van der Waals surface area contributed by atoms with Crippen LogP contribution in [-0.4, -0.2) is 22.5 Å². The van der Waals surface area contributed by atoms with Crippen molar-refractivity contribution in [3.05, 3.63) is 0 Å². The van der Waals surface area contributed by atoms with Crippen LogP contribution in [0.15, 0.2) is 5.16 Å². The number of nitrogens with zero attached hydrogens (tertiary/aromatic N) is 1. The Kier molecular flexibility index (Phi) is 4.13. The first kappa shape index (κ1) is 13.7. The van der Waals surface area contributed by atoms with E-state index in [0.29, 0.717) is 6.42 Å². The Balaban J connectivity index is 4.91. The third-order valence-electron chi connectivity index (χ3n) is 2.37. The standard InChI is InChI=1S/C10H21N3O2/c1-6-10(5,7(11)13-15)8(14)12-9(2,3)4/h15H,6H2,1-5H3,(H2,11,13)(H,12,14). The summed E-state index contributed by atoms with van der Waals surface area (Å²) in [5.41, 5.74) is 4.23. The lowest BCUT2D eigenvalue weighted by molar-refractivity contribution is -0.128. The van der Waals surface area contributed by atoms with Gasteiger partial charge in [0.05, 0.1) is 0 Å². The maximum atomic E-state index is 11.9. The van der Waals surface area contributed by atoms with Crippen LogP contribution < -0.4 is 11.1 Å². The molecule has 1 unspecified atom stereocenters. The molecule has 1 atom stereocenters. The summed E-state index contributed by atoms with van der Waals surface area (Å²) < 4.78 is 0. The lowest BCUT2D eigenvalue weighted by atomic mass is 9.84. The van der Waals surface area contributed by atoms with Gasteiger partial charge in [0, 0.05) is 5.54 Å². The molecule has 0 aliphatic heterocycles. The molecule has 0 spiro atoms. The summed E-state index contributed by atoms with van der Waals surface area (Å²) in [6.07, 6.45) is 0.477. The van der Waals surface area contributed by atoms with Crippen molar-refractivity contribution in [3.8, 4) is 0 Å². The lowest BCUT2D eigenvalue weighted by Crippen LogP contribution is -2.52. The minimum Gasteiger partial charge on any atom is -0.409 e. The number of amidine groups is 1. The van der Waals surface area contributed by atoms with Gasteiger partial charge in [-0.1, -0.05) is 12.1 Å². The van der Waals surface area contributed by atoms with Crippen molar-refractivity contribution in [2.45, 2.75) is 46.6 Å². The van der Waals surface area contributed by atoms with E-state index < -0.39 is 5.41 Å². The molecule has 0 heterocycles. The molecule has 0 rings (SSSR count). The molecule has 88 valence electrons. The fourth-order valence-electron chi connectivity index (χ4n) is 1.05. The normalized spacial score (nSPS) is 17.0. The van der Waals surface area contributed by atoms with Crippen LogP contribution in [-0.2, 0) is 4.79 Å². The lowest BCUT2D eigenvalue weighted by Gasteiger charge is -2.30. The molecule has 0 aliphatic carbocycles. The molecule has 0 aromatic heterocycles. The molecule has 0 aromatic rings. The van der Waals surface area contributed by atoms with Gasteiger partial charge >= 0.3 is 0 Å². The average molecular weight is 215 g/mol. The molecule has 4 N–H and O–H groups in total. The number of amides is 1. The average Bonchev–Trinajstić information content (AvgIpc) is 2.12. The molecule has 0 fully saturated rings. The smallest absolute Gasteiger partial charge is 0.234 e. The van der Waals surface area contributed by atoms with Crippen LogP contribution >= 0.6 is 0 Å². The summed E-state index contributed by atoms with van der Waals surface area (Å²) in [6, 6.07) is 0. The van der Waals surface area contributed by atoms with Crippen molar-refractivity contribution in [2.24, 2.45) is 16.3 Å². The first-order valence-electron chi connectivity index (χ1n) is 4.98. The summed E-state index contributed by atoms with van der Waals surface area (Å²) in [6.45, 7) is 9.12. The summed E-state index contributed by atoms with van der Waals surface area (Å²) in [5.74, 6) is -0.292. The quantitative estimate of drug-likeness (QED) is 0.285. The van der Waals surface area contributed by atoms with Crippen molar-refractivity contribution >= 4 is 11.7 Å². The summed E-state index contributed by atoms with van der Waals surface area (Å²) >= 11 is 0. The van der Waals surface area contributed by atoms with Crippen LogP contribution in [0.5, 0.6) is 0 Å². The molecule has 5 heteroatoms. The van der Waals surface area contributed by atoms with Crippen LogP contribution in [0.25, 0.3) is 0 Å². The monoisotopic (exact) mass is 215 g/mol. The molecule has 0 saturated heterocycles. The molecule has 5 nitrogen and oxygen atoms in total. The first-order valence-corrected chi connectivity index (χ1v) is 4.98. The highest BCUT2D eigenvalue weighted by atomic mass is 16.4. The fraction of sp³-hybridized carbons (Fsp3) is 0.800. The molecule has 1 amide bonds. The first-order chi connectivity index (χ1) is 6.67. The van der Waals surface area contributed by atoms with Gasteiger partial charge < -0.3 is 16.3 Å². The van der Waals surface area contributed by atoms with E-state index in [1.807, 2.05) is 27.7 Å². The van der Waals surface area contributed by atoms with Gasteiger partial charge in [0.1, 0.15) is 5.41 Å². The Morgan fingerprint density at radius 1 is 1.40 bits per heavy atom. The van der Waals surface area contributed by atoms with E-state index in [4.69, 9.17) is 10.9 Å². The maximum Gasteiger partial charge on any atom is 0.234 e. The summed E-state index contributed by atoms with van der Waals surface area (Å²) in [7, 11) is 0. The summed E-state index contributed by atoms with van der Waals surface area (Å²) in [5, 5.41) is 14.4. The second kappa shape index (κ2) is 4.51. The second-order valence-corrected chi connectivity index (χ2v) is 4.88. The van der Waals surface area contributed by atoms with Gasteiger partial charge in [-0.05, 0) is 34.1 Å². The van der Waals surface area contributed by atoms with Gasteiger partial charge in [0.2, 0.25) is 5.91 Å². The molecular weight excluding hydrogens is 194 g/mol. The number of nitrogens with one attached hydrogen (secondary N) is 1. The predicted molar refractivity (Wildman–Crippen MR) is 59.7 cm³/mol. The molecule has 15 heavy (non-hydrogen) atoms. The van der Waals surface area contributed by atoms with Crippen molar-refractivity contribution in [3.63, 3.8) is 0 Å². The van der Waals surface area contributed by atoms with E-state index in [2.05, 4.69) is 10.5 Å². The zero-order valence-electron chi connectivity index (χ0n) is 10.1. The van der Waals surface area contributed by atoms with E-state index in [1.54, 1.807) is 6.92 Å². The number of carbonyl (C=O) groups excluding carboxylic acids is 1. The summed E-state index contributed by atoms with van der Waals surface area (Å²) in [4.78, 5) is 11.9. The zero-order valence-corrected chi connectivity index (χ0v) is 10.1. The third-order valence-corrected chi connectivity index (χ3v) is 2.37. The minimum absolute atomic E-state index is 0.0632. The molecule has 0 aliphatic rings. The van der Waals surface area contributed by atoms with Crippen molar-refractivity contribution in [1.82, 2.24) is 5.32 Å². The van der Waals surface area contributed by atoms with E-state index in [1.165, 1.54) is 0 Å². The van der Waals surface area contributed by atoms with Crippen molar-refractivity contribution < 1.29 is 10.0 Å². The van der Waals surface area contributed by atoms with Crippen molar-refractivity contribution in [2.75, 3.05) is 0 Å². The molecule has 0 radical (unpaired) electrons. The molecular formula is C10H21N3O2. The zero-order chi connectivity index (χ0) is 12.3. The number of hydrogen-bond acceptors (Lipinski definition) is 3. The van der Waals surface area contributed by atoms with E-state index in [0.717, 1.165) is 0 Å². The Hall–Kier alpha value is -1.26. The highest BCUT2D eigenvalue weighted by Crippen LogP contribution is 2.22. The van der Waals surface area contributed by atoms with E-state index >= 15 is 0 Å². The van der Waals surface area contributed by atoms with Crippen LogP contribution in [0.2, 0.25) is 0 Å². The van der Waals surface area contributed by atoms with E-state index in [9.17, 15) is 4.79 Å². The van der Waals surface area contributed by atoms with Gasteiger partial charge in [-0.3, -0.25) is 4.79 Å². The Morgan fingerprint density at radius 2 is 1.87 bits per heavy atom. The Bertz CT molecular complexity index is 268. The van der Waals surface area contributed by atoms with Crippen LogP contribution in [0.3, 0.4) is 0 Å². The minimum atomic E-state index is -0.956. The Labute approximate surface area is 90.7 Å². The van der Waals surface area contributed by atoms with Crippen LogP contribution in [0.4, 0.5) is 0 Å². The number of oxime groups is 1. The largest absolute Gasteiger partial charge is 0.409 e. The van der Waals surface area contributed by atoms with Gasteiger partial charge in [-0.15, -0.1) is 0 Å². The highest BCUT2D eigenvalue weighted by Gasteiger charge is 2.37. The fourth-order valence-corrected chi connectivity index (χ4v) is 1.05. The topological polar surface area (TPSA) is 87.7 Å². The number of carbonyl (C=O) groups is 1. The number of nitrogens with two attached hydrogens (primary N) is 1. The second-order valence-electron chi connectivity index (χ2n) is 4.88. The molecule has 0 saturated carbocycles. The van der Waals surface area contributed by atoms with Crippen LogP contribution in [0, 0.1) is 5.41 Å².